The van der Waals surface area contributed by atoms with E-state index in [1.165, 1.54) is 5.56 Å². The highest BCUT2D eigenvalue weighted by Crippen LogP contribution is 2.28. The number of hydrogen-bond acceptors (Lipinski definition) is 4. The quantitative estimate of drug-likeness (QED) is 0.738. The van der Waals surface area contributed by atoms with Crippen molar-refractivity contribution in [2.24, 2.45) is 0 Å². The molecule has 1 aliphatic rings. The molecule has 104 valence electrons. The van der Waals surface area contributed by atoms with Crippen LogP contribution in [-0.4, -0.2) is 30.5 Å². The van der Waals surface area contributed by atoms with E-state index in [0.29, 0.717) is 6.54 Å². The van der Waals surface area contributed by atoms with Crippen LogP contribution in [0.2, 0.25) is 0 Å². The number of benzene rings is 1. The third-order valence-electron chi connectivity index (χ3n) is 2.85. The lowest BCUT2D eigenvalue weighted by Crippen LogP contribution is -2.33. The van der Waals surface area contributed by atoms with Crippen molar-refractivity contribution in [2.75, 3.05) is 13.2 Å². The predicted octanol–water partition coefficient (Wildman–Crippen LogP) is 1.93. The van der Waals surface area contributed by atoms with Crippen LogP contribution in [0.25, 0.3) is 6.08 Å². The molecule has 0 saturated carbocycles. The molecule has 1 atom stereocenters. The minimum Gasteiger partial charge on any atom is -0.490 e. The van der Waals surface area contributed by atoms with Crippen LogP contribution in [0.4, 0.5) is 0 Å². The van der Waals surface area contributed by atoms with Gasteiger partial charge in [-0.3, -0.25) is 4.84 Å². The molecule has 1 aromatic rings. The van der Waals surface area contributed by atoms with Gasteiger partial charge in [0.1, 0.15) is 18.5 Å². The number of rotatable bonds is 7. The average Bonchev–Trinajstić information content (AvgIpc) is 2.84. The lowest BCUT2D eigenvalue weighted by molar-refractivity contribution is -0.0295. The van der Waals surface area contributed by atoms with Crippen molar-refractivity contribution in [3.05, 3.63) is 35.4 Å². The maximum absolute atomic E-state index is 9.79. The molecular formula is C15H21NO3. The summed E-state index contributed by atoms with van der Waals surface area (Å²) in [6.07, 6.45) is 4.64. The number of nitrogens with one attached hydrogen (secondary N) is 1. The molecule has 0 aromatic heterocycles. The zero-order valence-electron chi connectivity index (χ0n) is 11.4. The second-order valence-corrected chi connectivity index (χ2v) is 4.92. The summed E-state index contributed by atoms with van der Waals surface area (Å²) >= 11 is 0. The molecule has 0 amide bonds. The number of hydrogen-bond donors (Lipinski definition) is 2. The molecule has 0 bridgehead atoms. The van der Waals surface area contributed by atoms with Crippen molar-refractivity contribution < 1.29 is 14.7 Å². The van der Waals surface area contributed by atoms with Crippen molar-refractivity contribution >= 4 is 6.08 Å². The summed E-state index contributed by atoms with van der Waals surface area (Å²) < 4.78 is 5.67. The molecular weight excluding hydrogens is 242 g/mol. The molecule has 0 aliphatic heterocycles. The minimum atomic E-state index is -0.597. The highest BCUT2D eigenvalue weighted by Gasteiger charge is 2.12. The molecule has 1 aromatic carbocycles. The number of ether oxygens (including phenoxy) is 1. The first-order valence-corrected chi connectivity index (χ1v) is 6.64. The van der Waals surface area contributed by atoms with Crippen LogP contribution in [0.3, 0.4) is 0 Å². The highest BCUT2D eigenvalue weighted by molar-refractivity contribution is 5.65. The Morgan fingerprint density at radius 1 is 1.37 bits per heavy atom. The lowest BCUT2D eigenvalue weighted by atomic mass is 10.1. The Bertz CT molecular complexity index is 443. The summed E-state index contributed by atoms with van der Waals surface area (Å²) in [5.74, 6) is 0.829. The fourth-order valence-electron chi connectivity index (χ4n) is 1.94. The Morgan fingerprint density at radius 2 is 2.21 bits per heavy atom. The minimum absolute atomic E-state index is 0.0932. The molecule has 2 N–H and O–H groups in total. The predicted molar refractivity (Wildman–Crippen MR) is 74.9 cm³/mol. The van der Waals surface area contributed by atoms with Crippen molar-refractivity contribution in [1.29, 1.82) is 0 Å². The number of fused-ring (bicyclic) bond motifs is 1. The molecule has 0 heterocycles. The molecule has 19 heavy (non-hydrogen) atoms. The van der Waals surface area contributed by atoms with Crippen molar-refractivity contribution in [3.63, 3.8) is 0 Å². The fourth-order valence-corrected chi connectivity index (χ4v) is 1.94. The van der Waals surface area contributed by atoms with E-state index in [-0.39, 0.29) is 12.7 Å². The fraction of sp³-hybridized carbons (Fsp3) is 0.467. The number of allylic oxidation sites excluding steroid dienone is 1. The Balaban J connectivity index is 1.79. The largest absolute Gasteiger partial charge is 0.490 e. The van der Waals surface area contributed by atoms with Crippen molar-refractivity contribution in [2.45, 2.75) is 32.5 Å². The van der Waals surface area contributed by atoms with Gasteiger partial charge in [-0.05, 0) is 31.9 Å². The van der Waals surface area contributed by atoms with E-state index in [2.05, 4.69) is 23.7 Å². The van der Waals surface area contributed by atoms with Gasteiger partial charge in [0.05, 0.1) is 12.6 Å². The van der Waals surface area contributed by atoms with E-state index < -0.39 is 6.10 Å². The van der Waals surface area contributed by atoms with Crippen LogP contribution in [0.1, 0.15) is 25.0 Å². The summed E-state index contributed by atoms with van der Waals surface area (Å²) in [5, 5.41) is 9.79. The Labute approximate surface area is 114 Å². The van der Waals surface area contributed by atoms with E-state index in [9.17, 15) is 5.11 Å². The standard InChI is InChI=1S/C15H21NO3/c1-11(2)19-16-9-13(17)10-18-15-8-4-6-12-5-3-7-14(12)15/h3-4,6-8,11,13,16-17H,5,9-10H2,1-2H3. The molecule has 0 radical (unpaired) electrons. The van der Waals surface area contributed by atoms with Crippen molar-refractivity contribution in [3.8, 4) is 5.75 Å². The van der Waals surface area contributed by atoms with Gasteiger partial charge >= 0.3 is 0 Å². The van der Waals surface area contributed by atoms with Gasteiger partial charge in [-0.2, -0.15) is 5.48 Å². The molecule has 0 fully saturated rings. The van der Waals surface area contributed by atoms with Crippen LogP contribution >= 0.6 is 0 Å². The van der Waals surface area contributed by atoms with Crippen LogP contribution in [0, 0.1) is 0 Å². The Hall–Kier alpha value is -1.36. The average molecular weight is 263 g/mol. The second-order valence-electron chi connectivity index (χ2n) is 4.92. The number of hydroxylamine groups is 1. The summed E-state index contributed by atoms with van der Waals surface area (Å²) in [6, 6.07) is 6.00. The van der Waals surface area contributed by atoms with Gasteiger partial charge in [0, 0.05) is 5.56 Å². The maximum atomic E-state index is 9.79. The molecule has 2 rings (SSSR count). The zero-order valence-corrected chi connectivity index (χ0v) is 11.4. The molecule has 0 saturated heterocycles. The molecule has 0 spiro atoms. The first kappa shape index (κ1) is 14.1. The van der Waals surface area contributed by atoms with Crippen LogP contribution in [0.5, 0.6) is 5.75 Å². The first-order chi connectivity index (χ1) is 9.16. The van der Waals surface area contributed by atoms with Crippen LogP contribution in [-0.2, 0) is 11.3 Å². The van der Waals surface area contributed by atoms with E-state index >= 15 is 0 Å². The lowest BCUT2D eigenvalue weighted by Gasteiger charge is -2.15. The molecule has 4 nitrogen and oxygen atoms in total. The molecule has 4 heteroatoms. The Morgan fingerprint density at radius 3 is 3.00 bits per heavy atom. The van der Waals surface area contributed by atoms with Gasteiger partial charge in [0.25, 0.3) is 0 Å². The number of aliphatic hydroxyl groups excluding tert-OH is 1. The van der Waals surface area contributed by atoms with E-state index in [0.717, 1.165) is 17.7 Å². The smallest absolute Gasteiger partial charge is 0.126 e. The summed E-state index contributed by atoms with van der Waals surface area (Å²) in [5.41, 5.74) is 5.13. The van der Waals surface area contributed by atoms with Gasteiger partial charge in [0.2, 0.25) is 0 Å². The summed E-state index contributed by atoms with van der Waals surface area (Å²) in [4.78, 5) is 5.16. The van der Waals surface area contributed by atoms with Crippen LogP contribution < -0.4 is 10.2 Å². The van der Waals surface area contributed by atoms with E-state index in [4.69, 9.17) is 9.57 Å². The third kappa shape index (κ3) is 4.06. The maximum Gasteiger partial charge on any atom is 0.126 e. The monoisotopic (exact) mass is 263 g/mol. The summed E-state index contributed by atoms with van der Waals surface area (Å²) in [7, 11) is 0. The van der Waals surface area contributed by atoms with E-state index in [1.54, 1.807) is 0 Å². The molecule has 1 aliphatic carbocycles. The van der Waals surface area contributed by atoms with E-state index in [1.807, 2.05) is 26.0 Å². The topological polar surface area (TPSA) is 50.7 Å². The van der Waals surface area contributed by atoms with Crippen LogP contribution in [0.15, 0.2) is 24.3 Å². The number of aliphatic hydroxyl groups is 1. The highest BCUT2D eigenvalue weighted by atomic mass is 16.7. The second kappa shape index (κ2) is 6.70. The Kier molecular flexibility index (Phi) is 4.96. The first-order valence-electron chi connectivity index (χ1n) is 6.64. The van der Waals surface area contributed by atoms with Crippen molar-refractivity contribution in [1.82, 2.24) is 5.48 Å². The van der Waals surface area contributed by atoms with Gasteiger partial charge in [-0.15, -0.1) is 0 Å². The van der Waals surface area contributed by atoms with Gasteiger partial charge in [-0.25, -0.2) is 0 Å². The zero-order chi connectivity index (χ0) is 13.7. The summed E-state index contributed by atoms with van der Waals surface area (Å²) in [6.45, 7) is 4.45. The SMILES string of the molecule is CC(C)ONCC(O)COc1cccc2c1C=CC2. The van der Waals surface area contributed by atoms with Gasteiger partial charge in [0.15, 0.2) is 0 Å². The normalized spacial score (nSPS) is 14.7. The molecule has 1 unspecified atom stereocenters. The van der Waals surface area contributed by atoms with Gasteiger partial charge in [-0.1, -0.05) is 24.3 Å². The third-order valence-corrected chi connectivity index (χ3v) is 2.85. The van der Waals surface area contributed by atoms with Gasteiger partial charge < -0.3 is 9.84 Å².